The Bertz CT molecular complexity index is 603. The molecule has 116 valence electrons. The van der Waals surface area contributed by atoms with Crippen LogP contribution in [0, 0.1) is 0 Å². The molecule has 1 aromatic rings. The van der Waals surface area contributed by atoms with Crippen LogP contribution in [0.3, 0.4) is 0 Å². The van der Waals surface area contributed by atoms with Gasteiger partial charge in [-0.15, -0.1) is 0 Å². The first-order valence-corrected chi connectivity index (χ1v) is 8.24. The molecular weight excluding hydrogens is 302 g/mol. The Morgan fingerprint density at radius 1 is 1.18 bits per heavy atom. The molecule has 0 spiro atoms. The molecule has 2 heterocycles. The summed E-state index contributed by atoms with van der Waals surface area (Å²) in [7, 11) is 0. The maximum Gasteiger partial charge on any atom is 0.282 e. The molecule has 2 fully saturated rings. The van der Waals surface area contributed by atoms with Gasteiger partial charge in [0.05, 0.1) is 0 Å². The van der Waals surface area contributed by atoms with Crippen LogP contribution in [0.2, 0.25) is 0 Å². The molecule has 0 aromatic heterocycles. The van der Waals surface area contributed by atoms with Gasteiger partial charge < -0.3 is 15.1 Å². The molecule has 22 heavy (non-hydrogen) atoms. The van der Waals surface area contributed by atoms with E-state index >= 15 is 0 Å². The average Bonchev–Trinajstić information content (AvgIpc) is 3.09. The molecule has 7 heteroatoms. The van der Waals surface area contributed by atoms with E-state index in [0.717, 1.165) is 24.4 Å². The van der Waals surface area contributed by atoms with Crippen LogP contribution in [0.5, 0.6) is 0 Å². The molecule has 3 rings (SSSR count). The zero-order valence-electron chi connectivity index (χ0n) is 12.1. The quantitative estimate of drug-likeness (QED) is 0.920. The van der Waals surface area contributed by atoms with Crippen molar-refractivity contribution in [2.75, 3.05) is 35.6 Å². The van der Waals surface area contributed by atoms with Gasteiger partial charge in [-0.25, -0.2) is 0 Å². The summed E-state index contributed by atoms with van der Waals surface area (Å²) in [6, 6.07) is 7.21. The fourth-order valence-electron chi connectivity index (χ4n) is 2.59. The molecule has 6 nitrogen and oxygen atoms in total. The van der Waals surface area contributed by atoms with Gasteiger partial charge in [-0.3, -0.25) is 14.4 Å². The Hall–Kier alpha value is -2.02. The smallest absolute Gasteiger partial charge is 0.282 e. The number of carbonyl (C=O) groups is 3. The minimum absolute atomic E-state index is 0.0435. The zero-order chi connectivity index (χ0) is 15.5. The molecule has 3 amide bonds. The fourth-order valence-corrected chi connectivity index (χ4v) is 3.41. The Balaban J connectivity index is 1.57. The summed E-state index contributed by atoms with van der Waals surface area (Å²) in [4.78, 5) is 38.4. The van der Waals surface area contributed by atoms with E-state index in [-0.39, 0.29) is 23.6 Å². The molecule has 1 N–H and O–H groups in total. The number of anilines is 2. The van der Waals surface area contributed by atoms with E-state index in [1.54, 1.807) is 17.0 Å². The van der Waals surface area contributed by atoms with Gasteiger partial charge in [0.15, 0.2) is 0 Å². The maximum absolute atomic E-state index is 11.9. The Labute approximate surface area is 132 Å². The molecule has 2 aliphatic rings. The molecule has 0 aliphatic carbocycles. The van der Waals surface area contributed by atoms with Gasteiger partial charge in [-0.1, -0.05) is 11.8 Å². The van der Waals surface area contributed by atoms with Gasteiger partial charge in [0.2, 0.25) is 11.8 Å². The summed E-state index contributed by atoms with van der Waals surface area (Å²) < 4.78 is 0. The van der Waals surface area contributed by atoms with Gasteiger partial charge in [-0.05, 0) is 30.7 Å². The molecule has 0 saturated carbocycles. The number of carbonyl (C=O) groups excluding carboxylic acids is 3. The van der Waals surface area contributed by atoms with Crippen molar-refractivity contribution in [2.24, 2.45) is 0 Å². The van der Waals surface area contributed by atoms with Crippen molar-refractivity contribution in [3.05, 3.63) is 24.3 Å². The van der Waals surface area contributed by atoms with Crippen LogP contribution < -0.4 is 10.2 Å². The van der Waals surface area contributed by atoms with Crippen LogP contribution in [-0.4, -0.2) is 47.3 Å². The maximum atomic E-state index is 11.9. The van der Waals surface area contributed by atoms with Gasteiger partial charge in [0, 0.05) is 36.6 Å². The number of hydrogen-bond donors (Lipinski definition) is 1. The van der Waals surface area contributed by atoms with Crippen molar-refractivity contribution in [2.45, 2.75) is 12.8 Å². The van der Waals surface area contributed by atoms with Gasteiger partial charge >= 0.3 is 0 Å². The number of nitrogens with zero attached hydrogens (tertiary/aromatic N) is 2. The van der Waals surface area contributed by atoms with E-state index in [0.29, 0.717) is 18.7 Å². The second-order valence-electron chi connectivity index (χ2n) is 5.28. The van der Waals surface area contributed by atoms with Crippen molar-refractivity contribution >= 4 is 40.2 Å². The van der Waals surface area contributed by atoms with E-state index in [1.807, 2.05) is 12.1 Å². The highest BCUT2D eigenvalue weighted by Gasteiger charge is 2.23. The highest BCUT2D eigenvalue weighted by atomic mass is 32.2. The summed E-state index contributed by atoms with van der Waals surface area (Å²) in [5, 5.41) is 2.73. The molecule has 0 bridgehead atoms. The van der Waals surface area contributed by atoms with Crippen LogP contribution in [0.1, 0.15) is 12.8 Å². The van der Waals surface area contributed by atoms with E-state index in [4.69, 9.17) is 0 Å². The van der Waals surface area contributed by atoms with Crippen LogP contribution in [0.4, 0.5) is 16.2 Å². The van der Waals surface area contributed by atoms with Crippen LogP contribution >= 0.6 is 11.8 Å². The second-order valence-corrected chi connectivity index (χ2v) is 6.33. The molecule has 0 atom stereocenters. The largest absolute Gasteiger partial charge is 0.325 e. The first-order chi connectivity index (χ1) is 10.6. The third kappa shape index (κ3) is 3.24. The SMILES string of the molecule is O=C(CN1CCSC1=O)Nc1ccc(N2CCCC2=O)cc1. The monoisotopic (exact) mass is 319 g/mol. The number of benzene rings is 1. The third-order valence-corrected chi connectivity index (χ3v) is 4.61. The van der Waals surface area contributed by atoms with Crippen molar-refractivity contribution in [3.63, 3.8) is 0 Å². The van der Waals surface area contributed by atoms with E-state index in [2.05, 4.69) is 5.32 Å². The van der Waals surface area contributed by atoms with Gasteiger partial charge in [-0.2, -0.15) is 0 Å². The van der Waals surface area contributed by atoms with Crippen molar-refractivity contribution in [3.8, 4) is 0 Å². The molecule has 0 unspecified atom stereocenters. The number of hydrogen-bond acceptors (Lipinski definition) is 4. The normalized spacial score (nSPS) is 18.2. The minimum atomic E-state index is -0.208. The van der Waals surface area contributed by atoms with E-state index < -0.39 is 0 Å². The van der Waals surface area contributed by atoms with E-state index in [1.165, 1.54) is 16.7 Å². The van der Waals surface area contributed by atoms with Crippen molar-refractivity contribution < 1.29 is 14.4 Å². The van der Waals surface area contributed by atoms with Crippen molar-refractivity contribution in [1.29, 1.82) is 0 Å². The first-order valence-electron chi connectivity index (χ1n) is 7.25. The molecule has 0 radical (unpaired) electrons. The number of thioether (sulfide) groups is 1. The van der Waals surface area contributed by atoms with Crippen molar-refractivity contribution in [1.82, 2.24) is 4.90 Å². The highest BCUT2D eigenvalue weighted by molar-refractivity contribution is 8.13. The molecule has 2 saturated heterocycles. The van der Waals surface area contributed by atoms with Gasteiger partial charge in [0.1, 0.15) is 6.54 Å². The Morgan fingerprint density at radius 3 is 2.55 bits per heavy atom. The summed E-state index contributed by atoms with van der Waals surface area (Å²) in [6.45, 7) is 1.45. The number of amides is 3. The lowest BCUT2D eigenvalue weighted by atomic mass is 10.2. The average molecular weight is 319 g/mol. The molecule has 1 aromatic carbocycles. The topological polar surface area (TPSA) is 69.7 Å². The summed E-state index contributed by atoms with van der Waals surface area (Å²) in [5.74, 6) is 0.674. The molecule has 2 aliphatic heterocycles. The minimum Gasteiger partial charge on any atom is -0.325 e. The highest BCUT2D eigenvalue weighted by Crippen LogP contribution is 2.23. The predicted octanol–water partition coefficient (Wildman–Crippen LogP) is 1.92. The Kier molecular flexibility index (Phi) is 4.33. The summed E-state index contributed by atoms with van der Waals surface area (Å²) in [5.41, 5.74) is 1.52. The third-order valence-electron chi connectivity index (χ3n) is 3.72. The first kappa shape index (κ1) is 14.9. The standard InChI is InChI=1S/C15H17N3O3S/c19-13(10-17-8-9-22-15(17)21)16-11-3-5-12(6-4-11)18-7-1-2-14(18)20/h3-6H,1-2,7-10H2,(H,16,19). The van der Waals surface area contributed by atoms with E-state index in [9.17, 15) is 14.4 Å². The second kappa shape index (κ2) is 6.39. The van der Waals surface area contributed by atoms with Crippen LogP contribution in [0.25, 0.3) is 0 Å². The summed E-state index contributed by atoms with van der Waals surface area (Å²) >= 11 is 1.24. The number of rotatable bonds is 4. The lowest BCUT2D eigenvalue weighted by Gasteiger charge is -2.17. The van der Waals surface area contributed by atoms with Gasteiger partial charge in [0.25, 0.3) is 5.24 Å². The fraction of sp³-hybridized carbons (Fsp3) is 0.400. The molecular formula is C15H17N3O3S. The zero-order valence-corrected chi connectivity index (χ0v) is 12.9. The summed E-state index contributed by atoms with van der Waals surface area (Å²) in [6.07, 6.45) is 1.49. The lowest BCUT2D eigenvalue weighted by molar-refractivity contribution is -0.117. The predicted molar refractivity (Wildman–Crippen MR) is 86.1 cm³/mol. The number of nitrogens with one attached hydrogen (secondary N) is 1. The lowest BCUT2D eigenvalue weighted by Crippen LogP contribution is -2.33. The van der Waals surface area contributed by atoms with Crippen LogP contribution in [-0.2, 0) is 9.59 Å². The Morgan fingerprint density at radius 2 is 1.95 bits per heavy atom. The van der Waals surface area contributed by atoms with Crippen LogP contribution in [0.15, 0.2) is 24.3 Å².